The molecule has 0 N–H and O–H groups in total. The number of hydrogen-bond acceptors (Lipinski definition) is 3. The number of benzene rings is 4. The molecule has 4 aromatic carbocycles. The van der Waals surface area contributed by atoms with E-state index in [1.54, 1.807) is 0 Å². The first-order valence-corrected chi connectivity index (χ1v) is 12.2. The average Bonchev–Trinajstić information content (AvgIpc) is 2.90. The van der Waals surface area contributed by atoms with E-state index < -0.39 is 11.4 Å². The molecule has 0 saturated heterocycles. The minimum atomic E-state index is -0.507. The fourth-order valence-electron chi connectivity index (χ4n) is 4.57. The molecule has 3 heteroatoms. The van der Waals surface area contributed by atoms with Crippen molar-refractivity contribution in [1.82, 2.24) is 0 Å². The van der Waals surface area contributed by atoms with E-state index in [-0.39, 0.29) is 13.2 Å². The van der Waals surface area contributed by atoms with E-state index in [0.29, 0.717) is 0 Å². The molecule has 0 aliphatic carbocycles. The molecule has 0 atom stereocenters. The van der Waals surface area contributed by atoms with Gasteiger partial charge in [0.25, 0.3) is 0 Å². The molecule has 0 saturated carbocycles. The van der Waals surface area contributed by atoms with Gasteiger partial charge >= 0.3 is 5.97 Å². The minimum Gasteiger partial charge on any atom is -0.490 e. The van der Waals surface area contributed by atoms with Crippen LogP contribution in [0.25, 0.3) is 0 Å². The third kappa shape index (κ3) is 5.26. The molecule has 0 amide bonds. The minimum absolute atomic E-state index is 0.173. The predicted octanol–water partition coefficient (Wildman–Crippen LogP) is 7.10. The van der Waals surface area contributed by atoms with Gasteiger partial charge in [-0.2, -0.15) is 0 Å². The van der Waals surface area contributed by atoms with Crippen LogP contribution in [0.1, 0.15) is 38.9 Å². The van der Waals surface area contributed by atoms with E-state index in [4.69, 9.17) is 9.47 Å². The number of aryl methyl sites for hydroxylation is 3. The smallest absolute Gasteiger partial charge is 0.330 e. The van der Waals surface area contributed by atoms with Crippen LogP contribution in [0, 0.1) is 20.8 Å². The average molecular weight is 477 g/mol. The highest BCUT2D eigenvalue weighted by atomic mass is 16.6. The van der Waals surface area contributed by atoms with Gasteiger partial charge in [-0.1, -0.05) is 108 Å². The van der Waals surface area contributed by atoms with E-state index >= 15 is 0 Å². The summed E-state index contributed by atoms with van der Waals surface area (Å²) >= 11 is 0. The van der Waals surface area contributed by atoms with Gasteiger partial charge in [-0.15, -0.1) is 0 Å². The first-order chi connectivity index (χ1) is 17.4. The lowest BCUT2D eigenvalue weighted by Crippen LogP contribution is -2.31. The summed E-state index contributed by atoms with van der Waals surface area (Å²) in [7, 11) is 0. The monoisotopic (exact) mass is 476 g/mol. The zero-order chi connectivity index (χ0) is 25.5. The van der Waals surface area contributed by atoms with E-state index in [1.807, 2.05) is 12.1 Å². The Bertz CT molecular complexity index is 1190. The first-order valence-electron chi connectivity index (χ1n) is 12.2. The van der Waals surface area contributed by atoms with Gasteiger partial charge in [-0.3, -0.25) is 0 Å². The number of rotatable bonds is 9. The number of hydrogen-bond donors (Lipinski definition) is 0. The lowest BCUT2D eigenvalue weighted by atomic mass is 9.65. The quantitative estimate of drug-likeness (QED) is 0.112. The van der Waals surface area contributed by atoms with Crippen molar-refractivity contribution in [3.8, 4) is 5.75 Å². The molecule has 0 radical (unpaired) electrons. The molecule has 3 nitrogen and oxygen atoms in total. The topological polar surface area (TPSA) is 35.5 Å². The zero-order valence-corrected chi connectivity index (χ0v) is 21.2. The summed E-state index contributed by atoms with van der Waals surface area (Å²) in [6.45, 7) is 10.2. The fraction of sp³-hybridized carbons (Fsp3) is 0.182. The maximum absolute atomic E-state index is 11.2. The van der Waals surface area contributed by atoms with Gasteiger partial charge in [-0.25, -0.2) is 4.79 Å². The second-order valence-electron chi connectivity index (χ2n) is 9.09. The maximum Gasteiger partial charge on any atom is 0.330 e. The molecule has 0 bridgehead atoms. The van der Waals surface area contributed by atoms with E-state index in [1.165, 1.54) is 33.4 Å². The van der Waals surface area contributed by atoms with Crippen LogP contribution in [0.2, 0.25) is 0 Å². The summed E-state index contributed by atoms with van der Waals surface area (Å²) in [4.78, 5) is 11.2. The molecular formula is C33H32O3. The number of carbonyl (C=O) groups is 1. The molecule has 4 rings (SSSR count). The Kier molecular flexibility index (Phi) is 7.70. The number of esters is 1. The molecule has 36 heavy (non-hydrogen) atoms. The van der Waals surface area contributed by atoms with Gasteiger partial charge in [0.1, 0.15) is 19.0 Å². The van der Waals surface area contributed by atoms with Crippen LogP contribution in [0.15, 0.2) is 110 Å². The van der Waals surface area contributed by atoms with Gasteiger partial charge < -0.3 is 9.47 Å². The van der Waals surface area contributed by atoms with E-state index in [9.17, 15) is 4.79 Å². The number of ether oxygens (including phenoxy) is 2. The van der Waals surface area contributed by atoms with Crippen LogP contribution in [-0.2, 0) is 14.9 Å². The second-order valence-corrected chi connectivity index (χ2v) is 9.09. The Balaban J connectivity index is 1.82. The van der Waals surface area contributed by atoms with Crippen molar-refractivity contribution in [2.75, 3.05) is 13.2 Å². The van der Waals surface area contributed by atoms with Crippen molar-refractivity contribution in [1.29, 1.82) is 0 Å². The van der Waals surface area contributed by atoms with Gasteiger partial charge in [0, 0.05) is 6.08 Å². The zero-order valence-electron chi connectivity index (χ0n) is 21.2. The van der Waals surface area contributed by atoms with E-state index in [0.717, 1.165) is 17.4 Å². The molecule has 182 valence electrons. The summed E-state index contributed by atoms with van der Waals surface area (Å²) in [6.07, 6.45) is 1.15. The third-order valence-electron chi connectivity index (χ3n) is 6.50. The molecule has 0 heterocycles. The van der Waals surface area contributed by atoms with Gasteiger partial charge in [-0.05, 0) is 55.2 Å². The second kappa shape index (κ2) is 11.1. The molecule has 0 aliphatic heterocycles. The molecule has 0 aromatic heterocycles. The molecule has 0 spiro atoms. The molecule has 0 fully saturated rings. The first kappa shape index (κ1) is 25.0. The van der Waals surface area contributed by atoms with Crippen molar-refractivity contribution >= 4 is 5.97 Å². The van der Waals surface area contributed by atoms with Crippen LogP contribution in [0.3, 0.4) is 0 Å². The highest BCUT2D eigenvalue weighted by molar-refractivity contribution is 5.81. The molecule has 0 unspecified atom stereocenters. The Morgan fingerprint density at radius 2 is 1.00 bits per heavy atom. The lowest BCUT2D eigenvalue weighted by Gasteiger charge is -2.37. The van der Waals surface area contributed by atoms with E-state index in [2.05, 4.69) is 112 Å². The molecular weight excluding hydrogens is 444 g/mol. The Hall–Kier alpha value is -4.11. The van der Waals surface area contributed by atoms with Crippen molar-refractivity contribution < 1.29 is 14.3 Å². The summed E-state index contributed by atoms with van der Waals surface area (Å²) in [5.41, 5.74) is 7.91. The fourth-order valence-corrected chi connectivity index (χ4v) is 4.57. The molecule has 0 aliphatic rings. The van der Waals surface area contributed by atoms with Crippen LogP contribution >= 0.6 is 0 Å². The Morgan fingerprint density at radius 3 is 1.36 bits per heavy atom. The van der Waals surface area contributed by atoms with Gasteiger partial charge in [0.2, 0.25) is 0 Å². The van der Waals surface area contributed by atoms with Crippen molar-refractivity contribution in [2.24, 2.45) is 0 Å². The predicted molar refractivity (Wildman–Crippen MR) is 146 cm³/mol. The van der Waals surface area contributed by atoms with Gasteiger partial charge in [0.15, 0.2) is 0 Å². The maximum atomic E-state index is 11.2. The number of carbonyl (C=O) groups excluding carboxylic acids is 1. The van der Waals surface area contributed by atoms with Crippen LogP contribution in [0.5, 0.6) is 5.75 Å². The van der Waals surface area contributed by atoms with Crippen molar-refractivity contribution in [2.45, 2.75) is 26.2 Å². The van der Waals surface area contributed by atoms with Crippen molar-refractivity contribution in [3.05, 3.63) is 149 Å². The van der Waals surface area contributed by atoms with Gasteiger partial charge in [0.05, 0.1) is 5.41 Å². The SMILES string of the molecule is C=CC(=O)OCCOc1ccc(C(c2ccc(C)cc2)(c2ccc(C)cc2)c2ccc(C)cc2)cc1. The summed E-state index contributed by atoms with van der Waals surface area (Å²) in [6, 6.07) is 34.7. The highest BCUT2D eigenvalue weighted by Crippen LogP contribution is 2.45. The summed E-state index contributed by atoms with van der Waals surface area (Å²) < 4.78 is 10.8. The summed E-state index contributed by atoms with van der Waals surface area (Å²) in [5, 5.41) is 0. The Morgan fingerprint density at radius 1 is 0.639 bits per heavy atom. The highest BCUT2D eigenvalue weighted by Gasteiger charge is 2.38. The largest absolute Gasteiger partial charge is 0.490 e. The third-order valence-corrected chi connectivity index (χ3v) is 6.50. The standard InChI is InChI=1S/C33H32O3/c1-5-32(34)36-23-22-35-31-20-18-30(19-21-31)33(27-12-6-24(2)7-13-27,28-14-8-25(3)9-15-28)29-16-10-26(4)11-17-29/h5-21H,1,22-23H2,2-4H3. The summed E-state index contributed by atoms with van der Waals surface area (Å²) in [5.74, 6) is 0.270. The van der Waals surface area contributed by atoms with Crippen LogP contribution in [-0.4, -0.2) is 19.2 Å². The van der Waals surface area contributed by atoms with Crippen LogP contribution in [0.4, 0.5) is 0 Å². The normalized spacial score (nSPS) is 11.1. The van der Waals surface area contributed by atoms with Crippen molar-refractivity contribution in [3.63, 3.8) is 0 Å². The molecule has 4 aromatic rings. The lowest BCUT2D eigenvalue weighted by molar-refractivity contribution is -0.138. The van der Waals surface area contributed by atoms with Crippen LogP contribution < -0.4 is 4.74 Å². The Labute approximate surface area is 214 Å².